The number of hydrogen-bond acceptors (Lipinski definition) is 2. The molecule has 1 aliphatic rings. The van der Waals surface area contributed by atoms with Crippen LogP contribution >= 0.6 is 0 Å². The quantitative estimate of drug-likeness (QED) is 0.531. The maximum Gasteiger partial charge on any atom is 0.0462 e. The smallest absolute Gasteiger partial charge is 0.0462 e. The Labute approximate surface area is 56.3 Å². The van der Waals surface area contributed by atoms with Gasteiger partial charge in [0, 0.05) is 6.61 Å². The Morgan fingerprint density at radius 2 is 2.44 bits per heavy atom. The minimum Gasteiger partial charge on any atom is -0.396 e. The van der Waals surface area contributed by atoms with Crippen LogP contribution in [0.2, 0.25) is 0 Å². The molecule has 0 amide bonds. The summed E-state index contributed by atoms with van der Waals surface area (Å²) in [5.74, 6) is 1.20. The summed E-state index contributed by atoms with van der Waals surface area (Å²) in [6, 6.07) is 0. The van der Waals surface area contributed by atoms with Gasteiger partial charge >= 0.3 is 0 Å². The molecule has 1 aliphatic heterocycles. The number of aliphatic hydroxyl groups is 1. The fourth-order valence-electron chi connectivity index (χ4n) is 1.34. The molecule has 2 atom stereocenters. The minimum atomic E-state index is 0.364. The first-order valence-corrected chi connectivity index (χ1v) is 3.66. The molecule has 0 unspecified atom stereocenters. The third-order valence-corrected chi connectivity index (χ3v) is 2.20. The lowest BCUT2D eigenvalue weighted by Crippen LogP contribution is -2.36. The zero-order valence-corrected chi connectivity index (χ0v) is 5.93. The van der Waals surface area contributed by atoms with E-state index in [0.29, 0.717) is 18.4 Å². The van der Waals surface area contributed by atoms with Gasteiger partial charge in [0.25, 0.3) is 0 Å². The van der Waals surface area contributed by atoms with E-state index < -0.39 is 0 Å². The highest BCUT2D eigenvalue weighted by molar-refractivity contribution is 4.73. The van der Waals surface area contributed by atoms with E-state index in [2.05, 4.69) is 12.2 Å². The summed E-state index contributed by atoms with van der Waals surface area (Å²) in [5.41, 5.74) is 0. The van der Waals surface area contributed by atoms with Gasteiger partial charge in [0.05, 0.1) is 0 Å². The Kier molecular flexibility index (Phi) is 2.49. The third-order valence-electron chi connectivity index (χ3n) is 2.20. The van der Waals surface area contributed by atoms with Gasteiger partial charge < -0.3 is 10.4 Å². The van der Waals surface area contributed by atoms with Crippen LogP contribution in [0.1, 0.15) is 13.3 Å². The van der Waals surface area contributed by atoms with Crippen LogP contribution in [0.5, 0.6) is 0 Å². The Morgan fingerprint density at radius 3 is 2.89 bits per heavy atom. The fraction of sp³-hybridized carbons (Fsp3) is 1.00. The number of aliphatic hydroxyl groups excluding tert-OH is 1. The van der Waals surface area contributed by atoms with Crippen molar-refractivity contribution < 1.29 is 5.11 Å². The summed E-state index contributed by atoms with van der Waals surface area (Å²) < 4.78 is 0. The molecular formula is C7H15NO. The predicted molar refractivity (Wildman–Crippen MR) is 37.2 cm³/mol. The Balaban J connectivity index is 2.30. The van der Waals surface area contributed by atoms with Gasteiger partial charge in [0.2, 0.25) is 0 Å². The summed E-state index contributed by atoms with van der Waals surface area (Å²) in [4.78, 5) is 0. The first kappa shape index (κ1) is 7.03. The molecule has 1 fully saturated rings. The lowest BCUT2D eigenvalue weighted by molar-refractivity contribution is 0.153. The van der Waals surface area contributed by atoms with E-state index in [1.165, 1.54) is 0 Å². The van der Waals surface area contributed by atoms with Gasteiger partial charge in [-0.05, 0) is 31.3 Å². The monoisotopic (exact) mass is 129 g/mol. The molecule has 2 nitrogen and oxygen atoms in total. The van der Waals surface area contributed by atoms with Gasteiger partial charge in [-0.1, -0.05) is 6.92 Å². The second-order valence-electron chi connectivity index (χ2n) is 2.91. The molecule has 1 saturated heterocycles. The standard InChI is InChI=1S/C7H15NO/c1-6-4-8-3-2-7(6)5-9/h6-9H,2-5H2,1H3/t6-,7-/m0/s1. The van der Waals surface area contributed by atoms with Crippen molar-refractivity contribution >= 4 is 0 Å². The molecule has 0 aliphatic carbocycles. The fourth-order valence-corrected chi connectivity index (χ4v) is 1.34. The van der Waals surface area contributed by atoms with Crippen molar-refractivity contribution in [2.24, 2.45) is 11.8 Å². The lowest BCUT2D eigenvalue weighted by Gasteiger charge is -2.27. The zero-order valence-electron chi connectivity index (χ0n) is 5.93. The summed E-state index contributed by atoms with van der Waals surface area (Å²) in [6.45, 7) is 4.71. The van der Waals surface area contributed by atoms with Gasteiger partial charge in [-0.3, -0.25) is 0 Å². The molecule has 1 rings (SSSR count). The van der Waals surface area contributed by atoms with Crippen LogP contribution in [-0.4, -0.2) is 24.8 Å². The Hall–Kier alpha value is -0.0800. The maximum absolute atomic E-state index is 8.83. The highest BCUT2D eigenvalue weighted by atomic mass is 16.3. The first-order chi connectivity index (χ1) is 4.34. The molecule has 2 heteroatoms. The van der Waals surface area contributed by atoms with E-state index in [1.807, 2.05) is 0 Å². The van der Waals surface area contributed by atoms with E-state index in [-0.39, 0.29) is 0 Å². The zero-order chi connectivity index (χ0) is 6.69. The van der Waals surface area contributed by atoms with E-state index in [4.69, 9.17) is 5.11 Å². The second kappa shape index (κ2) is 3.18. The van der Waals surface area contributed by atoms with Gasteiger partial charge in [0.1, 0.15) is 0 Å². The molecule has 0 spiro atoms. The average molecular weight is 129 g/mol. The van der Waals surface area contributed by atoms with E-state index in [1.54, 1.807) is 0 Å². The number of nitrogens with one attached hydrogen (secondary N) is 1. The van der Waals surface area contributed by atoms with Crippen LogP contribution in [0, 0.1) is 11.8 Å². The van der Waals surface area contributed by atoms with Crippen LogP contribution in [0.25, 0.3) is 0 Å². The van der Waals surface area contributed by atoms with Crippen molar-refractivity contribution in [2.45, 2.75) is 13.3 Å². The maximum atomic E-state index is 8.83. The second-order valence-corrected chi connectivity index (χ2v) is 2.91. The Bertz CT molecular complexity index is 85.0. The van der Waals surface area contributed by atoms with Crippen molar-refractivity contribution in [2.75, 3.05) is 19.7 Å². The topological polar surface area (TPSA) is 32.3 Å². The van der Waals surface area contributed by atoms with E-state index in [9.17, 15) is 0 Å². The first-order valence-electron chi connectivity index (χ1n) is 3.66. The van der Waals surface area contributed by atoms with E-state index >= 15 is 0 Å². The number of hydrogen-bond donors (Lipinski definition) is 2. The van der Waals surface area contributed by atoms with Crippen molar-refractivity contribution in [3.8, 4) is 0 Å². The van der Waals surface area contributed by atoms with Gasteiger partial charge in [-0.15, -0.1) is 0 Å². The van der Waals surface area contributed by atoms with Crippen LogP contribution in [0.15, 0.2) is 0 Å². The van der Waals surface area contributed by atoms with Gasteiger partial charge in [-0.25, -0.2) is 0 Å². The van der Waals surface area contributed by atoms with Crippen molar-refractivity contribution in [1.82, 2.24) is 5.32 Å². The number of rotatable bonds is 1. The van der Waals surface area contributed by atoms with Gasteiger partial charge in [-0.2, -0.15) is 0 Å². The summed E-state index contributed by atoms with van der Waals surface area (Å²) in [7, 11) is 0. The largest absolute Gasteiger partial charge is 0.396 e. The lowest BCUT2D eigenvalue weighted by atomic mass is 9.89. The molecule has 0 aromatic carbocycles. The Morgan fingerprint density at radius 1 is 1.67 bits per heavy atom. The van der Waals surface area contributed by atoms with E-state index in [0.717, 1.165) is 19.5 Å². The molecule has 54 valence electrons. The molecule has 1 heterocycles. The molecular weight excluding hydrogens is 114 g/mol. The van der Waals surface area contributed by atoms with Crippen LogP contribution in [0.3, 0.4) is 0 Å². The van der Waals surface area contributed by atoms with Crippen molar-refractivity contribution in [3.63, 3.8) is 0 Å². The molecule has 0 aromatic heterocycles. The van der Waals surface area contributed by atoms with Crippen LogP contribution in [-0.2, 0) is 0 Å². The normalized spacial score (nSPS) is 36.7. The molecule has 0 saturated carbocycles. The predicted octanol–water partition coefficient (Wildman–Crippen LogP) is 0.224. The summed E-state index contributed by atoms with van der Waals surface area (Å²) in [6.07, 6.45) is 1.14. The van der Waals surface area contributed by atoms with Crippen LogP contribution in [0.4, 0.5) is 0 Å². The summed E-state index contributed by atoms with van der Waals surface area (Å²) >= 11 is 0. The SMILES string of the molecule is C[C@H]1CNCC[C@H]1CO. The van der Waals surface area contributed by atoms with Crippen molar-refractivity contribution in [1.29, 1.82) is 0 Å². The average Bonchev–Trinajstić information content (AvgIpc) is 1.89. The molecule has 0 aromatic rings. The molecule has 0 bridgehead atoms. The third kappa shape index (κ3) is 1.66. The molecule has 9 heavy (non-hydrogen) atoms. The number of piperidine rings is 1. The molecule has 2 N–H and O–H groups in total. The highest BCUT2D eigenvalue weighted by Crippen LogP contribution is 2.16. The van der Waals surface area contributed by atoms with Crippen LogP contribution < -0.4 is 5.32 Å². The summed E-state index contributed by atoms with van der Waals surface area (Å²) in [5, 5.41) is 12.1. The minimum absolute atomic E-state index is 0.364. The molecule has 0 radical (unpaired) electrons. The van der Waals surface area contributed by atoms with Crippen molar-refractivity contribution in [3.05, 3.63) is 0 Å². The van der Waals surface area contributed by atoms with Gasteiger partial charge in [0.15, 0.2) is 0 Å². The highest BCUT2D eigenvalue weighted by Gasteiger charge is 2.19.